The molecule has 0 unspecified atom stereocenters. The summed E-state index contributed by atoms with van der Waals surface area (Å²) >= 11 is 0. The quantitative estimate of drug-likeness (QED) is 0.841. The van der Waals surface area contributed by atoms with Gasteiger partial charge in [0.25, 0.3) is 0 Å². The van der Waals surface area contributed by atoms with Crippen LogP contribution in [-0.2, 0) is 9.59 Å². The van der Waals surface area contributed by atoms with Crippen LogP contribution in [0.15, 0.2) is 29.4 Å². The molecule has 6 heteroatoms. The second-order valence-electron chi connectivity index (χ2n) is 6.07. The van der Waals surface area contributed by atoms with Gasteiger partial charge in [0.2, 0.25) is 11.8 Å². The van der Waals surface area contributed by atoms with Gasteiger partial charge in [-0.1, -0.05) is 12.1 Å². The zero-order chi connectivity index (χ0) is 16.4. The summed E-state index contributed by atoms with van der Waals surface area (Å²) in [5.41, 5.74) is 0.761. The predicted octanol–water partition coefficient (Wildman–Crippen LogP) is 2.34. The maximum atomic E-state index is 13.4. The first-order valence-electron chi connectivity index (χ1n) is 7.93. The lowest BCUT2D eigenvalue weighted by Gasteiger charge is -2.33. The van der Waals surface area contributed by atoms with Crippen molar-refractivity contribution in [3.8, 4) is 0 Å². The molecule has 2 heterocycles. The van der Waals surface area contributed by atoms with Crippen molar-refractivity contribution in [2.75, 3.05) is 13.1 Å². The smallest absolute Gasteiger partial charge is 0.246 e. The Balaban J connectivity index is 1.69. The molecule has 2 aliphatic heterocycles. The molecule has 0 radical (unpaired) electrons. The molecular formula is C17H20FN3O2. The van der Waals surface area contributed by atoms with Crippen molar-refractivity contribution in [1.82, 2.24) is 9.91 Å². The molecule has 1 saturated heterocycles. The van der Waals surface area contributed by atoms with Gasteiger partial charge >= 0.3 is 0 Å². The minimum absolute atomic E-state index is 0.0313. The summed E-state index contributed by atoms with van der Waals surface area (Å²) < 4.78 is 13.4. The molecule has 1 aromatic carbocycles. The number of carbonyl (C=O) groups excluding carboxylic acids is 2. The summed E-state index contributed by atoms with van der Waals surface area (Å²) in [5.74, 6) is -0.419. The summed E-state index contributed by atoms with van der Waals surface area (Å²) in [7, 11) is 0. The van der Waals surface area contributed by atoms with Crippen molar-refractivity contribution in [2.24, 2.45) is 11.0 Å². The average Bonchev–Trinajstić information content (AvgIpc) is 3.04. The van der Waals surface area contributed by atoms with Crippen LogP contribution < -0.4 is 0 Å². The summed E-state index contributed by atoms with van der Waals surface area (Å²) in [6, 6.07) is 6.09. The molecule has 2 aliphatic rings. The highest BCUT2D eigenvalue weighted by Crippen LogP contribution is 2.32. The lowest BCUT2D eigenvalue weighted by atomic mass is 9.94. The van der Waals surface area contributed by atoms with Crippen LogP contribution in [0.25, 0.3) is 0 Å². The zero-order valence-electron chi connectivity index (χ0n) is 13.1. The highest BCUT2D eigenvalue weighted by atomic mass is 19.1. The molecule has 0 aliphatic carbocycles. The Labute approximate surface area is 134 Å². The lowest BCUT2D eigenvalue weighted by molar-refractivity contribution is -0.141. The molecule has 23 heavy (non-hydrogen) atoms. The number of hydrogen-bond acceptors (Lipinski definition) is 3. The van der Waals surface area contributed by atoms with Crippen molar-refractivity contribution >= 4 is 18.0 Å². The van der Waals surface area contributed by atoms with Crippen molar-refractivity contribution in [1.29, 1.82) is 0 Å². The second kappa shape index (κ2) is 6.48. The van der Waals surface area contributed by atoms with Crippen LogP contribution in [-0.4, -0.2) is 41.0 Å². The Morgan fingerprint density at radius 3 is 2.65 bits per heavy atom. The number of hydrogen-bond donors (Lipinski definition) is 0. The van der Waals surface area contributed by atoms with Crippen molar-refractivity contribution < 1.29 is 14.0 Å². The highest BCUT2D eigenvalue weighted by Gasteiger charge is 2.35. The molecule has 5 nitrogen and oxygen atoms in total. The van der Waals surface area contributed by atoms with E-state index in [-0.39, 0.29) is 29.6 Å². The van der Waals surface area contributed by atoms with E-state index in [0.717, 1.165) is 5.56 Å². The number of rotatable bonds is 2. The number of piperidine rings is 1. The molecule has 0 aromatic heterocycles. The van der Waals surface area contributed by atoms with Gasteiger partial charge in [-0.3, -0.25) is 9.59 Å². The van der Waals surface area contributed by atoms with E-state index in [1.807, 2.05) is 6.07 Å². The Morgan fingerprint density at radius 2 is 2.00 bits per heavy atom. The summed E-state index contributed by atoms with van der Waals surface area (Å²) in [6.07, 6.45) is 3.61. The molecule has 0 saturated carbocycles. The van der Waals surface area contributed by atoms with Crippen LogP contribution >= 0.6 is 0 Å². The largest absolute Gasteiger partial charge is 0.343 e. The van der Waals surface area contributed by atoms with Gasteiger partial charge in [0, 0.05) is 38.6 Å². The number of halogens is 1. The molecule has 1 atom stereocenters. The number of carbonyl (C=O) groups is 2. The van der Waals surface area contributed by atoms with E-state index < -0.39 is 0 Å². The SMILES string of the molecule is CC(=O)N1CCC(C(=O)N2N=CC[C@@H]2c2cccc(F)c2)CC1. The zero-order valence-corrected chi connectivity index (χ0v) is 13.1. The summed E-state index contributed by atoms with van der Waals surface area (Å²) in [6.45, 7) is 2.76. The Morgan fingerprint density at radius 1 is 1.26 bits per heavy atom. The predicted molar refractivity (Wildman–Crippen MR) is 84.1 cm³/mol. The number of likely N-dealkylation sites (tertiary alicyclic amines) is 1. The maximum Gasteiger partial charge on any atom is 0.246 e. The van der Waals surface area contributed by atoms with Gasteiger partial charge in [-0.2, -0.15) is 5.10 Å². The summed E-state index contributed by atoms with van der Waals surface area (Å²) in [5, 5.41) is 5.70. The Bertz CT molecular complexity index is 638. The van der Waals surface area contributed by atoms with E-state index >= 15 is 0 Å². The molecule has 3 rings (SSSR count). The molecule has 1 fully saturated rings. The van der Waals surface area contributed by atoms with Gasteiger partial charge in [-0.05, 0) is 30.5 Å². The first kappa shape index (κ1) is 15.6. The third kappa shape index (κ3) is 3.25. The maximum absolute atomic E-state index is 13.4. The van der Waals surface area contributed by atoms with Crippen molar-refractivity contribution in [3.05, 3.63) is 35.6 Å². The number of hydrazone groups is 1. The fourth-order valence-electron chi connectivity index (χ4n) is 3.25. The van der Waals surface area contributed by atoms with Crippen LogP contribution in [0.4, 0.5) is 4.39 Å². The highest BCUT2D eigenvalue weighted by molar-refractivity contribution is 5.82. The van der Waals surface area contributed by atoms with Gasteiger partial charge in [0.1, 0.15) is 5.82 Å². The fourth-order valence-corrected chi connectivity index (χ4v) is 3.25. The van der Waals surface area contributed by atoms with E-state index in [1.165, 1.54) is 17.1 Å². The number of benzene rings is 1. The first-order chi connectivity index (χ1) is 11.1. The molecule has 2 amide bonds. The van der Waals surface area contributed by atoms with Gasteiger partial charge < -0.3 is 4.90 Å². The van der Waals surface area contributed by atoms with Crippen LogP contribution in [0.1, 0.15) is 37.8 Å². The Kier molecular flexibility index (Phi) is 4.41. The molecule has 0 spiro atoms. The monoisotopic (exact) mass is 317 g/mol. The minimum atomic E-state index is -0.309. The third-order valence-corrected chi connectivity index (χ3v) is 4.58. The van der Waals surface area contributed by atoms with Crippen LogP contribution in [0.3, 0.4) is 0 Å². The third-order valence-electron chi connectivity index (χ3n) is 4.58. The first-order valence-corrected chi connectivity index (χ1v) is 7.93. The number of nitrogens with zero attached hydrogens (tertiary/aromatic N) is 3. The normalized spacial score (nSPS) is 21.7. The van der Waals surface area contributed by atoms with Crippen molar-refractivity contribution in [2.45, 2.75) is 32.2 Å². The fraction of sp³-hybridized carbons (Fsp3) is 0.471. The van der Waals surface area contributed by atoms with Gasteiger partial charge in [0.05, 0.1) is 6.04 Å². The van der Waals surface area contributed by atoms with E-state index in [9.17, 15) is 14.0 Å². The standard InChI is InChI=1S/C17H20FN3O2/c1-12(22)20-9-6-13(7-10-20)17(23)21-16(5-8-19-21)14-3-2-4-15(18)11-14/h2-4,8,11,13,16H,5-7,9-10H2,1H3/t16-/m1/s1. The second-order valence-corrected chi connectivity index (χ2v) is 6.07. The number of amides is 2. The van der Waals surface area contributed by atoms with Crippen LogP contribution in [0, 0.1) is 11.7 Å². The van der Waals surface area contributed by atoms with Crippen LogP contribution in [0.2, 0.25) is 0 Å². The van der Waals surface area contributed by atoms with E-state index in [4.69, 9.17) is 0 Å². The van der Waals surface area contributed by atoms with Crippen LogP contribution in [0.5, 0.6) is 0 Å². The van der Waals surface area contributed by atoms with E-state index in [0.29, 0.717) is 32.4 Å². The molecule has 0 N–H and O–H groups in total. The van der Waals surface area contributed by atoms with E-state index in [2.05, 4.69) is 5.10 Å². The molecule has 1 aromatic rings. The Hall–Kier alpha value is -2.24. The van der Waals surface area contributed by atoms with Gasteiger partial charge in [0.15, 0.2) is 0 Å². The van der Waals surface area contributed by atoms with E-state index in [1.54, 1.807) is 24.1 Å². The van der Waals surface area contributed by atoms with Gasteiger partial charge in [-0.25, -0.2) is 9.40 Å². The topological polar surface area (TPSA) is 53.0 Å². The molecular weight excluding hydrogens is 297 g/mol. The van der Waals surface area contributed by atoms with Gasteiger partial charge in [-0.15, -0.1) is 0 Å². The summed E-state index contributed by atoms with van der Waals surface area (Å²) in [4.78, 5) is 25.9. The average molecular weight is 317 g/mol. The minimum Gasteiger partial charge on any atom is -0.343 e. The molecule has 122 valence electrons. The lowest BCUT2D eigenvalue weighted by Crippen LogP contribution is -2.42. The van der Waals surface area contributed by atoms with Crippen molar-refractivity contribution in [3.63, 3.8) is 0 Å². The molecule has 0 bridgehead atoms.